The number of hydrogen-bond acceptors (Lipinski definition) is 2. The van der Waals surface area contributed by atoms with Gasteiger partial charge in [0, 0.05) is 19.4 Å². The lowest BCUT2D eigenvalue weighted by molar-refractivity contribution is -0.137. The van der Waals surface area contributed by atoms with Crippen molar-refractivity contribution in [1.82, 2.24) is 4.90 Å². The van der Waals surface area contributed by atoms with Crippen LogP contribution in [0, 0.1) is 5.92 Å². The molecule has 2 amide bonds. The van der Waals surface area contributed by atoms with Gasteiger partial charge in [-0.05, 0) is 18.8 Å². The van der Waals surface area contributed by atoms with Crippen molar-refractivity contribution in [3.05, 3.63) is 5.92 Å². The fourth-order valence-electron chi connectivity index (χ4n) is 1.27. The Hall–Kier alpha value is -0.860. The first-order chi connectivity index (χ1) is 5.27. The zero-order chi connectivity index (χ0) is 7.84. The molecule has 0 spiro atoms. The molecule has 2 fully saturated rings. The van der Waals surface area contributed by atoms with E-state index in [1.807, 2.05) is 0 Å². The number of carbonyl (C=O) groups excluding carboxylic acids is 2. The first-order valence-corrected chi connectivity index (χ1v) is 3.94. The minimum Gasteiger partial charge on any atom is -0.282 e. The highest BCUT2D eigenvalue weighted by molar-refractivity contribution is 6.02. The summed E-state index contributed by atoms with van der Waals surface area (Å²) < 4.78 is 0. The van der Waals surface area contributed by atoms with E-state index in [0.717, 1.165) is 12.8 Å². The Bertz CT molecular complexity index is 192. The summed E-state index contributed by atoms with van der Waals surface area (Å²) in [5.41, 5.74) is 0. The van der Waals surface area contributed by atoms with Gasteiger partial charge < -0.3 is 0 Å². The van der Waals surface area contributed by atoms with E-state index in [2.05, 4.69) is 0 Å². The Morgan fingerprint density at radius 2 is 1.55 bits per heavy atom. The van der Waals surface area contributed by atoms with E-state index in [1.165, 1.54) is 10.8 Å². The van der Waals surface area contributed by atoms with Crippen LogP contribution >= 0.6 is 0 Å². The Morgan fingerprint density at radius 1 is 1.00 bits per heavy atom. The van der Waals surface area contributed by atoms with Gasteiger partial charge in [-0.15, -0.1) is 0 Å². The third kappa shape index (κ3) is 1.27. The molecule has 3 nitrogen and oxygen atoms in total. The average molecular weight is 152 g/mol. The molecule has 1 saturated carbocycles. The molecular weight excluding hydrogens is 142 g/mol. The molecule has 1 aliphatic heterocycles. The van der Waals surface area contributed by atoms with Gasteiger partial charge in [0.15, 0.2) is 0 Å². The minimum atomic E-state index is 0.00870. The lowest BCUT2D eigenvalue weighted by Crippen LogP contribution is -2.30. The predicted octanol–water partition coefficient (Wildman–Crippen LogP) is 0.504. The van der Waals surface area contributed by atoms with E-state index >= 15 is 0 Å². The number of hydrogen-bond donors (Lipinski definition) is 0. The maximum atomic E-state index is 11.0. The van der Waals surface area contributed by atoms with Crippen LogP contribution in [0.5, 0.6) is 0 Å². The first kappa shape index (κ1) is 6.83. The molecule has 2 aliphatic rings. The summed E-state index contributed by atoms with van der Waals surface area (Å²) in [6.45, 7) is 0.609. The van der Waals surface area contributed by atoms with Crippen molar-refractivity contribution in [3.63, 3.8) is 0 Å². The fourth-order valence-corrected chi connectivity index (χ4v) is 1.27. The summed E-state index contributed by atoms with van der Waals surface area (Å²) in [5.74, 6) is 1.36. The van der Waals surface area contributed by atoms with Crippen LogP contribution in [-0.4, -0.2) is 23.3 Å². The van der Waals surface area contributed by atoms with Crippen LogP contribution in [-0.2, 0) is 9.59 Å². The highest BCUT2D eigenvalue weighted by atomic mass is 16.2. The molecule has 0 unspecified atom stereocenters. The van der Waals surface area contributed by atoms with E-state index < -0.39 is 0 Å². The van der Waals surface area contributed by atoms with Crippen LogP contribution in [0.3, 0.4) is 0 Å². The van der Waals surface area contributed by atoms with E-state index in [4.69, 9.17) is 0 Å². The molecule has 1 radical (unpaired) electrons. The molecule has 11 heavy (non-hydrogen) atoms. The maximum Gasteiger partial charge on any atom is 0.229 e. The van der Waals surface area contributed by atoms with E-state index in [1.54, 1.807) is 0 Å². The SMILES string of the molecule is O=C1CCC(=O)N1C[C]1CC1. The molecule has 0 aromatic rings. The highest BCUT2D eigenvalue weighted by Gasteiger charge is 2.34. The zero-order valence-corrected chi connectivity index (χ0v) is 6.30. The summed E-state index contributed by atoms with van der Waals surface area (Å²) in [6, 6.07) is 0. The molecule has 0 aromatic heterocycles. The molecule has 0 N–H and O–H groups in total. The van der Waals surface area contributed by atoms with E-state index in [0.29, 0.717) is 19.4 Å². The van der Waals surface area contributed by atoms with Gasteiger partial charge >= 0.3 is 0 Å². The Labute approximate surface area is 65.4 Å². The molecule has 0 aromatic carbocycles. The third-order valence-corrected chi connectivity index (χ3v) is 2.14. The number of imide groups is 1. The van der Waals surface area contributed by atoms with Crippen molar-refractivity contribution in [2.75, 3.05) is 6.54 Å². The maximum absolute atomic E-state index is 11.0. The molecule has 2 rings (SSSR count). The van der Waals surface area contributed by atoms with Crippen molar-refractivity contribution in [2.24, 2.45) is 0 Å². The Morgan fingerprint density at radius 3 is 2.00 bits per heavy atom. The van der Waals surface area contributed by atoms with Crippen molar-refractivity contribution >= 4 is 11.8 Å². The number of likely N-dealkylation sites (tertiary alicyclic amines) is 1. The molecule has 59 valence electrons. The van der Waals surface area contributed by atoms with Crippen molar-refractivity contribution in [3.8, 4) is 0 Å². The van der Waals surface area contributed by atoms with Crippen LogP contribution in [0.25, 0.3) is 0 Å². The van der Waals surface area contributed by atoms with E-state index in [-0.39, 0.29) is 11.8 Å². The van der Waals surface area contributed by atoms with Crippen LogP contribution in [0.2, 0.25) is 0 Å². The van der Waals surface area contributed by atoms with Gasteiger partial charge in [0.2, 0.25) is 11.8 Å². The van der Waals surface area contributed by atoms with E-state index in [9.17, 15) is 9.59 Å². The van der Waals surface area contributed by atoms with Gasteiger partial charge in [-0.2, -0.15) is 0 Å². The van der Waals surface area contributed by atoms with Gasteiger partial charge in [0.25, 0.3) is 0 Å². The van der Waals surface area contributed by atoms with Gasteiger partial charge in [-0.1, -0.05) is 0 Å². The number of amides is 2. The molecule has 0 atom stereocenters. The normalized spacial score (nSPS) is 24.9. The average Bonchev–Trinajstić information content (AvgIpc) is 2.73. The molecule has 1 aliphatic carbocycles. The minimum absolute atomic E-state index is 0.00870. The molecule has 1 heterocycles. The number of rotatable bonds is 2. The number of nitrogens with zero attached hydrogens (tertiary/aromatic N) is 1. The summed E-state index contributed by atoms with van der Waals surface area (Å²) in [7, 11) is 0. The molecule has 0 bridgehead atoms. The Balaban J connectivity index is 1.97. The largest absolute Gasteiger partial charge is 0.282 e. The highest BCUT2D eigenvalue weighted by Crippen LogP contribution is 2.33. The summed E-state index contributed by atoms with van der Waals surface area (Å²) >= 11 is 0. The lowest BCUT2D eigenvalue weighted by atomic mass is 10.4. The van der Waals surface area contributed by atoms with Crippen LogP contribution in [0.15, 0.2) is 0 Å². The van der Waals surface area contributed by atoms with Crippen LogP contribution in [0.4, 0.5) is 0 Å². The monoisotopic (exact) mass is 152 g/mol. The zero-order valence-electron chi connectivity index (χ0n) is 6.30. The van der Waals surface area contributed by atoms with Gasteiger partial charge in [0.05, 0.1) is 0 Å². The predicted molar refractivity (Wildman–Crippen MR) is 38.4 cm³/mol. The van der Waals surface area contributed by atoms with Crippen molar-refractivity contribution in [2.45, 2.75) is 25.7 Å². The molecule has 3 heteroatoms. The Kier molecular flexibility index (Phi) is 1.44. The second-order valence-corrected chi connectivity index (χ2v) is 3.12. The summed E-state index contributed by atoms with van der Waals surface area (Å²) in [6.07, 6.45) is 3.06. The van der Waals surface area contributed by atoms with Gasteiger partial charge in [0.1, 0.15) is 0 Å². The topological polar surface area (TPSA) is 37.4 Å². The van der Waals surface area contributed by atoms with Crippen LogP contribution < -0.4 is 0 Å². The van der Waals surface area contributed by atoms with Crippen molar-refractivity contribution in [1.29, 1.82) is 0 Å². The fraction of sp³-hybridized carbons (Fsp3) is 0.625. The van der Waals surface area contributed by atoms with Crippen LogP contribution in [0.1, 0.15) is 25.7 Å². The second-order valence-electron chi connectivity index (χ2n) is 3.12. The first-order valence-electron chi connectivity index (χ1n) is 3.94. The standard InChI is InChI=1S/C8H10NO2/c10-7-3-4-8(11)9(7)5-6-1-2-6/h1-5H2. The summed E-state index contributed by atoms with van der Waals surface area (Å²) in [4.78, 5) is 23.5. The second kappa shape index (κ2) is 2.32. The lowest BCUT2D eigenvalue weighted by Gasteiger charge is -2.11. The number of carbonyl (C=O) groups is 2. The quantitative estimate of drug-likeness (QED) is 0.540. The smallest absolute Gasteiger partial charge is 0.229 e. The van der Waals surface area contributed by atoms with Crippen molar-refractivity contribution < 1.29 is 9.59 Å². The van der Waals surface area contributed by atoms with Gasteiger partial charge in [-0.25, -0.2) is 0 Å². The third-order valence-electron chi connectivity index (χ3n) is 2.14. The molecule has 1 saturated heterocycles. The van der Waals surface area contributed by atoms with Gasteiger partial charge in [-0.3, -0.25) is 14.5 Å². The summed E-state index contributed by atoms with van der Waals surface area (Å²) in [5, 5.41) is 0. The molecular formula is C8H10NO2.